The molecule has 0 heterocycles. The van der Waals surface area contributed by atoms with E-state index in [0.717, 1.165) is 42.9 Å². The van der Waals surface area contributed by atoms with Crippen molar-refractivity contribution in [3.05, 3.63) is 47.0 Å². The van der Waals surface area contributed by atoms with Crippen LogP contribution in [0.1, 0.15) is 61.0 Å². The Morgan fingerprint density at radius 2 is 1.70 bits per heavy atom. The molecular formula is C19H24O. The van der Waals surface area contributed by atoms with Crippen LogP contribution in [-0.2, 0) is 12.8 Å². The third-order valence-electron chi connectivity index (χ3n) is 3.95. The Morgan fingerprint density at radius 3 is 2.40 bits per heavy atom. The third-order valence-corrected chi connectivity index (χ3v) is 3.95. The third kappa shape index (κ3) is 3.27. The van der Waals surface area contributed by atoms with E-state index in [-0.39, 0.29) is 0 Å². The van der Waals surface area contributed by atoms with Crippen LogP contribution in [0.3, 0.4) is 0 Å². The maximum atomic E-state index is 11.5. The fourth-order valence-corrected chi connectivity index (χ4v) is 2.71. The molecule has 0 amide bonds. The molecule has 0 aliphatic heterocycles. The summed E-state index contributed by atoms with van der Waals surface area (Å²) < 4.78 is 0. The number of fused-ring (bicyclic) bond motifs is 1. The Morgan fingerprint density at radius 1 is 0.950 bits per heavy atom. The minimum Gasteiger partial charge on any atom is -0.298 e. The maximum absolute atomic E-state index is 11.5. The van der Waals surface area contributed by atoms with E-state index < -0.39 is 0 Å². The van der Waals surface area contributed by atoms with Crippen molar-refractivity contribution in [1.29, 1.82) is 0 Å². The van der Waals surface area contributed by atoms with Crippen molar-refractivity contribution in [2.45, 2.75) is 52.4 Å². The Labute approximate surface area is 122 Å². The van der Waals surface area contributed by atoms with Gasteiger partial charge in [-0.05, 0) is 47.6 Å². The van der Waals surface area contributed by atoms with Crippen LogP contribution in [0, 0.1) is 0 Å². The highest BCUT2D eigenvalue weighted by atomic mass is 16.1. The first-order chi connectivity index (χ1) is 9.80. The standard InChI is InChI=1S/C19H24O/c1-3-5-7-15-9-12-18-17(13-15)11-10-16(8-6-4-2)19(18)14-20/h9-14H,3-8H2,1-2H3. The molecular weight excluding hydrogens is 244 g/mol. The molecule has 0 saturated heterocycles. The molecule has 2 aromatic carbocycles. The summed E-state index contributed by atoms with van der Waals surface area (Å²) in [6.07, 6.45) is 7.89. The van der Waals surface area contributed by atoms with E-state index in [4.69, 9.17) is 0 Å². The molecule has 0 unspecified atom stereocenters. The van der Waals surface area contributed by atoms with Crippen LogP contribution < -0.4 is 0 Å². The number of aldehydes is 1. The lowest BCUT2D eigenvalue weighted by Crippen LogP contribution is -1.95. The van der Waals surface area contributed by atoms with Crippen molar-refractivity contribution in [1.82, 2.24) is 0 Å². The van der Waals surface area contributed by atoms with Gasteiger partial charge in [0.15, 0.2) is 6.29 Å². The van der Waals surface area contributed by atoms with Gasteiger partial charge in [-0.15, -0.1) is 0 Å². The highest BCUT2D eigenvalue weighted by Crippen LogP contribution is 2.24. The molecule has 2 rings (SSSR count). The number of benzene rings is 2. The summed E-state index contributed by atoms with van der Waals surface area (Å²) >= 11 is 0. The van der Waals surface area contributed by atoms with Gasteiger partial charge in [0.25, 0.3) is 0 Å². The fourth-order valence-electron chi connectivity index (χ4n) is 2.71. The Hall–Kier alpha value is -1.63. The van der Waals surface area contributed by atoms with Crippen molar-refractivity contribution in [3.8, 4) is 0 Å². The highest BCUT2D eigenvalue weighted by molar-refractivity contribution is 5.99. The first-order valence-corrected chi connectivity index (χ1v) is 7.79. The van der Waals surface area contributed by atoms with Gasteiger partial charge in [0, 0.05) is 5.56 Å². The van der Waals surface area contributed by atoms with Crippen LogP contribution in [0.5, 0.6) is 0 Å². The molecule has 0 radical (unpaired) electrons. The van der Waals surface area contributed by atoms with E-state index in [9.17, 15) is 4.79 Å². The number of hydrogen-bond donors (Lipinski definition) is 0. The summed E-state index contributed by atoms with van der Waals surface area (Å²) in [4.78, 5) is 11.5. The zero-order valence-electron chi connectivity index (χ0n) is 12.6. The number of aryl methyl sites for hydroxylation is 2. The van der Waals surface area contributed by atoms with E-state index in [1.165, 1.54) is 29.4 Å². The molecule has 0 fully saturated rings. The minimum atomic E-state index is 0.887. The monoisotopic (exact) mass is 268 g/mol. The van der Waals surface area contributed by atoms with Gasteiger partial charge in [0.05, 0.1) is 0 Å². The molecule has 1 nitrogen and oxygen atoms in total. The lowest BCUT2D eigenvalue weighted by Gasteiger charge is -2.10. The topological polar surface area (TPSA) is 17.1 Å². The average molecular weight is 268 g/mol. The number of carbonyl (C=O) groups is 1. The largest absolute Gasteiger partial charge is 0.298 e. The van der Waals surface area contributed by atoms with Gasteiger partial charge in [0.1, 0.15) is 0 Å². The lowest BCUT2D eigenvalue weighted by atomic mass is 9.94. The van der Waals surface area contributed by atoms with Crippen LogP contribution in [0.25, 0.3) is 10.8 Å². The van der Waals surface area contributed by atoms with Crippen LogP contribution in [0.15, 0.2) is 30.3 Å². The molecule has 0 aliphatic rings. The normalized spacial score (nSPS) is 10.9. The van der Waals surface area contributed by atoms with Crippen molar-refractivity contribution >= 4 is 17.1 Å². The molecule has 20 heavy (non-hydrogen) atoms. The molecule has 0 spiro atoms. The van der Waals surface area contributed by atoms with Gasteiger partial charge in [0.2, 0.25) is 0 Å². The fraction of sp³-hybridized carbons (Fsp3) is 0.421. The van der Waals surface area contributed by atoms with E-state index in [1.807, 2.05) is 0 Å². The first-order valence-electron chi connectivity index (χ1n) is 7.79. The summed E-state index contributed by atoms with van der Waals surface area (Å²) in [7, 11) is 0. The van der Waals surface area contributed by atoms with Gasteiger partial charge >= 0.3 is 0 Å². The Balaban J connectivity index is 2.39. The second kappa shape index (κ2) is 7.23. The summed E-state index contributed by atoms with van der Waals surface area (Å²) in [5.41, 5.74) is 3.45. The van der Waals surface area contributed by atoms with Gasteiger partial charge in [-0.1, -0.05) is 57.0 Å². The average Bonchev–Trinajstić information content (AvgIpc) is 2.49. The van der Waals surface area contributed by atoms with Crippen LogP contribution >= 0.6 is 0 Å². The van der Waals surface area contributed by atoms with E-state index in [2.05, 4.69) is 44.2 Å². The second-order valence-electron chi connectivity index (χ2n) is 5.52. The quantitative estimate of drug-likeness (QED) is 0.620. The van der Waals surface area contributed by atoms with E-state index >= 15 is 0 Å². The molecule has 0 bridgehead atoms. The van der Waals surface area contributed by atoms with Crippen LogP contribution in [0.2, 0.25) is 0 Å². The minimum absolute atomic E-state index is 0.887. The number of carbonyl (C=O) groups excluding carboxylic acids is 1. The predicted molar refractivity (Wildman–Crippen MR) is 86.6 cm³/mol. The van der Waals surface area contributed by atoms with Gasteiger partial charge in [-0.2, -0.15) is 0 Å². The summed E-state index contributed by atoms with van der Waals surface area (Å²) in [6.45, 7) is 4.40. The number of unbranched alkanes of at least 4 members (excludes halogenated alkanes) is 2. The van der Waals surface area contributed by atoms with Crippen molar-refractivity contribution in [2.75, 3.05) is 0 Å². The van der Waals surface area contributed by atoms with Gasteiger partial charge in [-0.25, -0.2) is 0 Å². The molecule has 0 aliphatic carbocycles. The Kier molecular flexibility index (Phi) is 5.34. The number of hydrogen-bond acceptors (Lipinski definition) is 1. The summed E-state index contributed by atoms with van der Waals surface area (Å²) in [6, 6.07) is 10.8. The molecule has 1 heteroatoms. The zero-order chi connectivity index (χ0) is 14.4. The SMILES string of the molecule is CCCCc1ccc2c(C=O)c(CCCC)ccc2c1. The van der Waals surface area contributed by atoms with E-state index in [0.29, 0.717) is 0 Å². The molecule has 106 valence electrons. The molecule has 0 N–H and O–H groups in total. The maximum Gasteiger partial charge on any atom is 0.150 e. The number of rotatable bonds is 7. The first kappa shape index (κ1) is 14.8. The molecule has 2 aromatic rings. The molecule has 0 aromatic heterocycles. The summed E-state index contributed by atoms with van der Waals surface area (Å²) in [5.74, 6) is 0. The summed E-state index contributed by atoms with van der Waals surface area (Å²) in [5, 5.41) is 2.30. The second-order valence-corrected chi connectivity index (χ2v) is 5.52. The van der Waals surface area contributed by atoms with Crippen LogP contribution in [0.4, 0.5) is 0 Å². The van der Waals surface area contributed by atoms with Gasteiger partial charge < -0.3 is 0 Å². The van der Waals surface area contributed by atoms with Crippen molar-refractivity contribution in [3.63, 3.8) is 0 Å². The predicted octanol–water partition coefficient (Wildman–Crippen LogP) is 5.34. The lowest BCUT2D eigenvalue weighted by molar-refractivity contribution is 0.112. The molecule has 0 saturated carbocycles. The smallest absolute Gasteiger partial charge is 0.150 e. The van der Waals surface area contributed by atoms with Crippen LogP contribution in [-0.4, -0.2) is 6.29 Å². The Bertz CT molecular complexity index is 584. The molecule has 0 atom stereocenters. The zero-order valence-corrected chi connectivity index (χ0v) is 12.6. The van der Waals surface area contributed by atoms with Crippen molar-refractivity contribution in [2.24, 2.45) is 0 Å². The van der Waals surface area contributed by atoms with Gasteiger partial charge in [-0.3, -0.25) is 4.79 Å². The highest BCUT2D eigenvalue weighted by Gasteiger charge is 2.07. The van der Waals surface area contributed by atoms with E-state index in [1.54, 1.807) is 0 Å². The van der Waals surface area contributed by atoms with Crippen molar-refractivity contribution < 1.29 is 4.79 Å².